The molecule has 0 saturated carbocycles. The molecule has 0 radical (unpaired) electrons. The Bertz CT molecular complexity index is 605. The van der Waals surface area contributed by atoms with Gasteiger partial charge in [0.2, 0.25) is 0 Å². The largest absolute Gasteiger partial charge is 0.299 e. The third kappa shape index (κ3) is 3.38. The highest BCUT2D eigenvalue weighted by Gasteiger charge is 2.25. The van der Waals surface area contributed by atoms with E-state index in [-0.39, 0.29) is 10.6 Å². The van der Waals surface area contributed by atoms with Gasteiger partial charge in [-0.3, -0.25) is 4.90 Å². The van der Waals surface area contributed by atoms with Crippen LogP contribution in [0.4, 0.5) is 0 Å². The zero-order chi connectivity index (χ0) is 14.6. The maximum atomic E-state index is 12.3. The molecular weight excluding hydrogens is 272 g/mol. The van der Waals surface area contributed by atoms with Crippen LogP contribution in [-0.2, 0) is 9.84 Å². The summed E-state index contributed by atoms with van der Waals surface area (Å²) in [6.45, 7) is 3.72. The monoisotopic (exact) mass is 292 g/mol. The van der Waals surface area contributed by atoms with Crippen LogP contribution in [0.1, 0.15) is 31.7 Å². The predicted octanol–water partition coefficient (Wildman–Crippen LogP) is 2.21. The Balaban J connectivity index is 2.06. The van der Waals surface area contributed by atoms with Crippen molar-refractivity contribution in [2.75, 3.05) is 18.8 Å². The molecule has 0 spiro atoms. The molecule has 108 valence electrons. The fourth-order valence-corrected chi connectivity index (χ4v) is 4.07. The van der Waals surface area contributed by atoms with Gasteiger partial charge in [-0.2, -0.15) is 5.26 Å². The Morgan fingerprint density at radius 1 is 1.45 bits per heavy atom. The SMILES string of the molecule is CCC1CCCN1CCS(=O)(=O)c1cccc(C#N)c1. The van der Waals surface area contributed by atoms with E-state index in [1.807, 2.05) is 6.07 Å². The first-order valence-corrected chi connectivity index (χ1v) is 8.69. The second-order valence-corrected chi connectivity index (χ2v) is 7.31. The molecule has 0 bridgehead atoms. The molecule has 1 saturated heterocycles. The quantitative estimate of drug-likeness (QED) is 0.834. The number of hydrogen-bond donors (Lipinski definition) is 0. The fourth-order valence-electron chi connectivity index (χ4n) is 2.77. The molecule has 1 atom stereocenters. The average molecular weight is 292 g/mol. The van der Waals surface area contributed by atoms with E-state index < -0.39 is 9.84 Å². The Kier molecular flexibility index (Phi) is 4.79. The smallest absolute Gasteiger partial charge is 0.179 e. The first-order chi connectivity index (χ1) is 9.56. The van der Waals surface area contributed by atoms with Crippen molar-refractivity contribution >= 4 is 9.84 Å². The Labute approximate surface area is 120 Å². The van der Waals surface area contributed by atoms with E-state index in [0.717, 1.165) is 19.4 Å². The topological polar surface area (TPSA) is 61.2 Å². The van der Waals surface area contributed by atoms with Crippen molar-refractivity contribution < 1.29 is 8.42 Å². The maximum Gasteiger partial charge on any atom is 0.179 e. The van der Waals surface area contributed by atoms with Gasteiger partial charge in [0.1, 0.15) is 0 Å². The van der Waals surface area contributed by atoms with Gasteiger partial charge in [0.15, 0.2) is 9.84 Å². The van der Waals surface area contributed by atoms with Gasteiger partial charge in [-0.15, -0.1) is 0 Å². The lowest BCUT2D eigenvalue weighted by Gasteiger charge is -2.22. The molecule has 1 aliphatic rings. The van der Waals surface area contributed by atoms with Crippen molar-refractivity contribution in [3.63, 3.8) is 0 Å². The van der Waals surface area contributed by atoms with Gasteiger partial charge < -0.3 is 0 Å². The molecule has 4 nitrogen and oxygen atoms in total. The average Bonchev–Trinajstić information content (AvgIpc) is 2.93. The highest BCUT2D eigenvalue weighted by atomic mass is 32.2. The molecule has 0 amide bonds. The molecule has 2 rings (SSSR count). The summed E-state index contributed by atoms with van der Waals surface area (Å²) < 4.78 is 24.6. The highest BCUT2D eigenvalue weighted by Crippen LogP contribution is 2.20. The second-order valence-electron chi connectivity index (χ2n) is 5.20. The highest BCUT2D eigenvalue weighted by molar-refractivity contribution is 7.91. The van der Waals surface area contributed by atoms with Crippen molar-refractivity contribution in [1.82, 2.24) is 4.90 Å². The molecule has 1 aliphatic heterocycles. The summed E-state index contributed by atoms with van der Waals surface area (Å²) >= 11 is 0. The molecular formula is C15H20N2O2S. The van der Waals surface area contributed by atoms with Crippen LogP contribution in [0.3, 0.4) is 0 Å². The summed E-state index contributed by atoms with van der Waals surface area (Å²) in [6, 6.07) is 8.76. The first-order valence-electron chi connectivity index (χ1n) is 7.04. The van der Waals surface area contributed by atoms with Crippen LogP contribution in [0.25, 0.3) is 0 Å². The van der Waals surface area contributed by atoms with E-state index in [1.54, 1.807) is 18.2 Å². The lowest BCUT2D eigenvalue weighted by molar-refractivity contribution is 0.262. The molecule has 20 heavy (non-hydrogen) atoms. The van der Waals surface area contributed by atoms with E-state index in [2.05, 4.69) is 11.8 Å². The Hall–Kier alpha value is -1.38. The van der Waals surface area contributed by atoms with Gasteiger partial charge in [0.25, 0.3) is 0 Å². The van der Waals surface area contributed by atoms with Crippen LogP contribution in [0.2, 0.25) is 0 Å². The van der Waals surface area contributed by atoms with Crippen LogP contribution < -0.4 is 0 Å². The minimum Gasteiger partial charge on any atom is -0.299 e. The molecule has 0 aliphatic carbocycles. The summed E-state index contributed by atoms with van der Waals surface area (Å²) in [5, 5.41) is 8.84. The number of nitrogens with zero attached hydrogens (tertiary/aromatic N) is 2. The van der Waals surface area contributed by atoms with Crippen molar-refractivity contribution in [2.45, 2.75) is 37.1 Å². The summed E-state index contributed by atoms with van der Waals surface area (Å²) in [6.07, 6.45) is 3.40. The molecule has 5 heteroatoms. The van der Waals surface area contributed by atoms with Crippen LogP contribution in [0.5, 0.6) is 0 Å². The van der Waals surface area contributed by atoms with Crippen molar-refractivity contribution in [1.29, 1.82) is 5.26 Å². The van der Waals surface area contributed by atoms with E-state index >= 15 is 0 Å². The standard InChI is InChI=1S/C15H20N2O2S/c1-2-14-6-4-8-17(14)9-10-20(18,19)15-7-3-5-13(11-15)12-16/h3,5,7,11,14H,2,4,6,8-10H2,1H3. The van der Waals surface area contributed by atoms with Crippen LogP contribution in [0, 0.1) is 11.3 Å². The van der Waals surface area contributed by atoms with E-state index in [0.29, 0.717) is 18.2 Å². The molecule has 1 fully saturated rings. The van der Waals surface area contributed by atoms with E-state index in [9.17, 15) is 8.42 Å². The fraction of sp³-hybridized carbons (Fsp3) is 0.533. The summed E-state index contributed by atoms with van der Waals surface area (Å²) in [7, 11) is -3.30. The van der Waals surface area contributed by atoms with Gasteiger partial charge in [-0.25, -0.2) is 8.42 Å². The van der Waals surface area contributed by atoms with Crippen molar-refractivity contribution in [2.24, 2.45) is 0 Å². The first kappa shape index (κ1) is 15.0. The van der Waals surface area contributed by atoms with Gasteiger partial charge in [0, 0.05) is 12.6 Å². The zero-order valence-corrected chi connectivity index (χ0v) is 12.6. The molecule has 1 heterocycles. The molecule has 0 aromatic heterocycles. The van der Waals surface area contributed by atoms with Gasteiger partial charge in [-0.05, 0) is 44.0 Å². The lowest BCUT2D eigenvalue weighted by Crippen LogP contribution is -2.33. The number of nitriles is 1. The number of likely N-dealkylation sites (tertiary alicyclic amines) is 1. The minimum atomic E-state index is -3.30. The van der Waals surface area contributed by atoms with Crippen LogP contribution in [0.15, 0.2) is 29.2 Å². The summed E-state index contributed by atoms with van der Waals surface area (Å²) in [5.74, 6) is 0.123. The van der Waals surface area contributed by atoms with E-state index in [4.69, 9.17) is 5.26 Å². The zero-order valence-electron chi connectivity index (χ0n) is 11.7. The third-order valence-electron chi connectivity index (χ3n) is 3.94. The van der Waals surface area contributed by atoms with Crippen molar-refractivity contribution in [3.05, 3.63) is 29.8 Å². The number of benzene rings is 1. The lowest BCUT2D eigenvalue weighted by atomic mass is 10.2. The maximum absolute atomic E-state index is 12.3. The molecule has 0 N–H and O–H groups in total. The van der Waals surface area contributed by atoms with E-state index in [1.165, 1.54) is 12.5 Å². The number of rotatable bonds is 5. The normalized spacial score (nSPS) is 19.9. The second kappa shape index (κ2) is 6.38. The predicted molar refractivity (Wildman–Crippen MR) is 78.1 cm³/mol. The summed E-state index contributed by atoms with van der Waals surface area (Å²) in [5.41, 5.74) is 0.388. The third-order valence-corrected chi connectivity index (χ3v) is 5.63. The molecule has 1 aromatic carbocycles. The van der Waals surface area contributed by atoms with Gasteiger partial charge >= 0.3 is 0 Å². The van der Waals surface area contributed by atoms with Crippen molar-refractivity contribution in [3.8, 4) is 6.07 Å². The molecule has 1 aromatic rings. The molecule has 1 unspecified atom stereocenters. The Morgan fingerprint density at radius 3 is 2.95 bits per heavy atom. The Morgan fingerprint density at radius 2 is 2.25 bits per heavy atom. The number of hydrogen-bond acceptors (Lipinski definition) is 4. The minimum absolute atomic E-state index is 0.123. The van der Waals surface area contributed by atoms with Crippen LogP contribution >= 0.6 is 0 Å². The van der Waals surface area contributed by atoms with Crippen LogP contribution in [-0.4, -0.2) is 38.2 Å². The summed E-state index contributed by atoms with van der Waals surface area (Å²) in [4.78, 5) is 2.52. The van der Waals surface area contributed by atoms with Gasteiger partial charge in [0.05, 0.1) is 22.3 Å². The van der Waals surface area contributed by atoms with Gasteiger partial charge in [-0.1, -0.05) is 13.0 Å². The number of sulfone groups is 1.